The number of anilines is 1. The molecule has 0 radical (unpaired) electrons. The Morgan fingerprint density at radius 3 is 2.35 bits per heavy atom. The van der Waals surface area contributed by atoms with Crippen molar-refractivity contribution in [3.63, 3.8) is 0 Å². The Labute approximate surface area is 186 Å². The van der Waals surface area contributed by atoms with E-state index in [0.717, 1.165) is 20.9 Å². The largest absolute Gasteiger partial charge is 0.384 e. The molecule has 0 fully saturated rings. The van der Waals surface area contributed by atoms with Crippen molar-refractivity contribution in [3.8, 4) is 0 Å². The highest BCUT2D eigenvalue weighted by Gasteiger charge is 2.27. The number of thioether (sulfide) groups is 1. The highest BCUT2D eigenvalue weighted by atomic mass is 35.5. The first kappa shape index (κ1) is 22.8. The van der Waals surface area contributed by atoms with Gasteiger partial charge in [0.15, 0.2) is 10.9 Å². The first-order valence-electron chi connectivity index (χ1n) is 9.43. The van der Waals surface area contributed by atoms with E-state index >= 15 is 0 Å². The van der Waals surface area contributed by atoms with Gasteiger partial charge in [-0.3, -0.25) is 28.1 Å². The van der Waals surface area contributed by atoms with Crippen LogP contribution in [-0.2, 0) is 14.1 Å². The van der Waals surface area contributed by atoms with Gasteiger partial charge in [-0.1, -0.05) is 23.4 Å². The molecule has 0 aliphatic heterocycles. The van der Waals surface area contributed by atoms with E-state index in [1.165, 1.54) is 18.7 Å². The molecule has 2 aromatic heterocycles. The maximum absolute atomic E-state index is 13.1. The number of halogens is 1. The van der Waals surface area contributed by atoms with Gasteiger partial charge in [-0.2, -0.15) is 0 Å². The van der Waals surface area contributed by atoms with Gasteiger partial charge < -0.3 is 5.73 Å². The fourth-order valence-electron chi connectivity index (χ4n) is 3.20. The number of carbonyl (C=O) groups excluding carboxylic acids is 1. The molecule has 0 amide bonds. The number of ketones is 1. The molecule has 0 saturated heterocycles. The van der Waals surface area contributed by atoms with Crippen LogP contribution in [0.5, 0.6) is 0 Å². The SMILES string of the molecule is CC(Sc1nc2cc(Cl)ccc2c(=O)n1C(C)C)C(=O)c1c(N)n(C)c(=O)n(C)c1=O. The van der Waals surface area contributed by atoms with Gasteiger partial charge in [0, 0.05) is 25.2 Å². The molecule has 31 heavy (non-hydrogen) atoms. The van der Waals surface area contributed by atoms with E-state index < -0.39 is 22.3 Å². The lowest BCUT2D eigenvalue weighted by Crippen LogP contribution is -2.42. The molecule has 3 rings (SSSR count). The lowest BCUT2D eigenvalue weighted by molar-refractivity contribution is 0.0992. The summed E-state index contributed by atoms with van der Waals surface area (Å²) in [5, 5.41) is 0.359. The molecule has 0 bridgehead atoms. The van der Waals surface area contributed by atoms with Gasteiger partial charge in [-0.25, -0.2) is 9.78 Å². The molecule has 3 aromatic rings. The zero-order valence-corrected chi connectivity index (χ0v) is 19.2. The zero-order valence-electron chi connectivity index (χ0n) is 17.7. The van der Waals surface area contributed by atoms with Crippen LogP contribution in [-0.4, -0.2) is 29.7 Å². The number of hydrogen-bond acceptors (Lipinski definition) is 7. The number of nitrogens with two attached hydrogens (primary N) is 1. The lowest BCUT2D eigenvalue weighted by atomic mass is 10.1. The highest BCUT2D eigenvalue weighted by molar-refractivity contribution is 8.00. The number of fused-ring (bicyclic) bond motifs is 1. The van der Waals surface area contributed by atoms with Gasteiger partial charge in [0.05, 0.1) is 16.2 Å². The molecule has 0 aliphatic rings. The number of rotatable bonds is 5. The second kappa shape index (κ2) is 8.35. The Bertz CT molecular complexity index is 1390. The number of nitrogen functional groups attached to an aromatic ring is 1. The van der Waals surface area contributed by atoms with E-state index in [9.17, 15) is 19.2 Å². The standard InChI is InChI=1S/C20H22ClN5O4S/c1-9(2)26-17(28)12-7-6-11(21)8-13(12)23-19(26)31-10(3)15(27)14-16(22)24(4)20(30)25(5)18(14)29/h6-10H,22H2,1-5H3. The van der Waals surface area contributed by atoms with Gasteiger partial charge in [-0.15, -0.1) is 0 Å². The summed E-state index contributed by atoms with van der Waals surface area (Å²) in [6, 6.07) is 4.60. The molecular weight excluding hydrogens is 442 g/mol. The van der Waals surface area contributed by atoms with E-state index in [4.69, 9.17) is 17.3 Å². The van der Waals surface area contributed by atoms with Crippen molar-refractivity contribution in [1.29, 1.82) is 0 Å². The topological polar surface area (TPSA) is 122 Å². The number of carbonyl (C=O) groups is 1. The molecule has 164 valence electrons. The molecule has 2 N–H and O–H groups in total. The van der Waals surface area contributed by atoms with Crippen LogP contribution < -0.4 is 22.5 Å². The number of benzene rings is 1. The van der Waals surface area contributed by atoms with Crippen molar-refractivity contribution >= 4 is 45.9 Å². The summed E-state index contributed by atoms with van der Waals surface area (Å²) < 4.78 is 3.38. The van der Waals surface area contributed by atoms with Crippen LogP contribution in [0.4, 0.5) is 5.82 Å². The number of Topliss-reactive ketones (excluding diaryl/α,β-unsaturated/α-hetero) is 1. The Balaban J connectivity index is 2.12. The Kier molecular flexibility index (Phi) is 6.15. The normalized spacial score (nSPS) is 12.5. The highest BCUT2D eigenvalue weighted by Crippen LogP contribution is 2.27. The average Bonchev–Trinajstić information content (AvgIpc) is 2.70. The Morgan fingerprint density at radius 2 is 1.74 bits per heavy atom. The van der Waals surface area contributed by atoms with Crippen LogP contribution in [0, 0.1) is 0 Å². The third-order valence-electron chi connectivity index (χ3n) is 4.96. The molecule has 0 spiro atoms. The maximum atomic E-state index is 13.1. The third-order valence-corrected chi connectivity index (χ3v) is 6.26. The summed E-state index contributed by atoms with van der Waals surface area (Å²) in [6.07, 6.45) is 0. The summed E-state index contributed by atoms with van der Waals surface area (Å²) in [6.45, 7) is 5.26. The van der Waals surface area contributed by atoms with Crippen molar-refractivity contribution in [2.24, 2.45) is 14.1 Å². The van der Waals surface area contributed by atoms with Crippen LogP contribution in [0.3, 0.4) is 0 Å². The van der Waals surface area contributed by atoms with Crippen molar-refractivity contribution in [2.45, 2.75) is 37.2 Å². The van der Waals surface area contributed by atoms with E-state index in [2.05, 4.69) is 4.98 Å². The molecule has 2 heterocycles. The van der Waals surface area contributed by atoms with Crippen LogP contribution in [0.15, 0.2) is 37.7 Å². The summed E-state index contributed by atoms with van der Waals surface area (Å²) in [5.74, 6) is -0.764. The predicted octanol–water partition coefficient (Wildman–Crippen LogP) is 1.97. The molecule has 1 aromatic carbocycles. The van der Waals surface area contributed by atoms with E-state index in [0.29, 0.717) is 21.1 Å². The number of nitrogens with zero attached hydrogens (tertiary/aromatic N) is 4. The molecule has 1 unspecified atom stereocenters. The maximum Gasteiger partial charge on any atom is 0.332 e. The minimum Gasteiger partial charge on any atom is -0.384 e. The predicted molar refractivity (Wildman–Crippen MR) is 122 cm³/mol. The minimum atomic E-state index is -0.805. The fourth-order valence-corrected chi connectivity index (χ4v) is 4.46. The first-order chi connectivity index (χ1) is 14.5. The lowest BCUT2D eigenvalue weighted by Gasteiger charge is -2.19. The van der Waals surface area contributed by atoms with Gasteiger partial charge in [0.2, 0.25) is 0 Å². The van der Waals surface area contributed by atoms with E-state index in [1.807, 2.05) is 13.8 Å². The molecule has 9 nitrogen and oxygen atoms in total. The molecule has 0 aliphatic carbocycles. The van der Waals surface area contributed by atoms with E-state index in [1.54, 1.807) is 25.1 Å². The summed E-state index contributed by atoms with van der Waals surface area (Å²) in [4.78, 5) is 55.3. The summed E-state index contributed by atoms with van der Waals surface area (Å²) in [5.41, 5.74) is 4.41. The fraction of sp³-hybridized carbons (Fsp3) is 0.350. The van der Waals surface area contributed by atoms with Crippen molar-refractivity contribution in [1.82, 2.24) is 18.7 Å². The first-order valence-corrected chi connectivity index (χ1v) is 10.7. The smallest absolute Gasteiger partial charge is 0.332 e. The summed E-state index contributed by atoms with van der Waals surface area (Å²) >= 11 is 7.09. The molecule has 11 heteroatoms. The monoisotopic (exact) mass is 463 g/mol. The zero-order chi connectivity index (χ0) is 23.2. The third kappa shape index (κ3) is 3.92. The van der Waals surface area contributed by atoms with Gasteiger partial charge in [-0.05, 0) is 39.0 Å². The molecular formula is C20H22ClN5O4S. The summed E-state index contributed by atoms with van der Waals surface area (Å²) in [7, 11) is 2.67. The quantitative estimate of drug-likeness (QED) is 0.348. The van der Waals surface area contributed by atoms with Gasteiger partial charge >= 0.3 is 5.69 Å². The van der Waals surface area contributed by atoms with Gasteiger partial charge in [0.1, 0.15) is 11.4 Å². The number of hydrogen-bond donors (Lipinski definition) is 1. The molecule has 0 saturated carbocycles. The van der Waals surface area contributed by atoms with Crippen molar-refractivity contribution in [3.05, 3.63) is 60.0 Å². The van der Waals surface area contributed by atoms with E-state index in [-0.39, 0.29) is 23.0 Å². The van der Waals surface area contributed by atoms with Crippen LogP contribution >= 0.6 is 23.4 Å². The Morgan fingerprint density at radius 1 is 1.10 bits per heavy atom. The second-order valence-corrected chi connectivity index (χ2v) is 9.16. The Hall–Kier alpha value is -2.85. The number of aromatic nitrogens is 4. The molecule has 1 atom stereocenters. The minimum absolute atomic E-state index is 0.204. The van der Waals surface area contributed by atoms with Crippen LogP contribution in [0.2, 0.25) is 5.02 Å². The second-order valence-electron chi connectivity index (χ2n) is 7.42. The van der Waals surface area contributed by atoms with Crippen molar-refractivity contribution < 1.29 is 4.79 Å². The van der Waals surface area contributed by atoms with Gasteiger partial charge in [0.25, 0.3) is 11.1 Å². The average molecular weight is 464 g/mol. The van der Waals surface area contributed by atoms with Crippen LogP contribution in [0.1, 0.15) is 37.2 Å². The van der Waals surface area contributed by atoms with Crippen molar-refractivity contribution in [2.75, 3.05) is 5.73 Å². The van der Waals surface area contributed by atoms with Crippen LogP contribution in [0.25, 0.3) is 10.9 Å².